The molecule has 0 amide bonds. The Bertz CT molecular complexity index is 609. The molecule has 0 unspecified atom stereocenters. The maximum Gasteiger partial charge on any atom is 0.0631 e. The summed E-state index contributed by atoms with van der Waals surface area (Å²) >= 11 is 0. The largest absolute Gasteiger partial charge is 0.198 e. The summed E-state index contributed by atoms with van der Waals surface area (Å²) in [6.45, 7) is 9.52. The molecule has 3 rings (SSSR count). The topological polar surface area (TPSA) is 23.8 Å². The average Bonchev–Trinajstić information content (AvgIpc) is 2.94. The van der Waals surface area contributed by atoms with Crippen LogP contribution in [0.25, 0.3) is 0 Å². The van der Waals surface area contributed by atoms with E-state index in [-0.39, 0.29) is 16.2 Å². The number of hydrogen-bond acceptors (Lipinski definition) is 1. The molecule has 0 spiro atoms. The van der Waals surface area contributed by atoms with Gasteiger partial charge in [0.1, 0.15) is 0 Å². The van der Waals surface area contributed by atoms with Crippen LogP contribution in [0.5, 0.6) is 0 Å². The Morgan fingerprint density at radius 2 is 1.50 bits per heavy atom. The minimum atomic E-state index is 0.126. The second-order valence-corrected chi connectivity index (χ2v) is 8.85. The van der Waals surface area contributed by atoms with Crippen molar-refractivity contribution in [3.05, 3.63) is 34.9 Å². The lowest BCUT2D eigenvalue weighted by molar-refractivity contribution is 0.330. The molecule has 0 atom stereocenters. The Balaban J connectivity index is 2.12. The fraction of sp³-hybridized carbons (Fsp3) is 0.667. The molecule has 0 bridgehead atoms. The predicted octanol–water partition coefficient (Wildman–Crippen LogP) is 5.76. The van der Waals surface area contributed by atoms with Gasteiger partial charge < -0.3 is 0 Å². The lowest BCUT2D eigenvalue weighted by Gasteiger charge is -2.43. The molecule has 2 aliphatic carbocycles. The summed E-state index contributed by atoms with van der Waals surface area (Å²) in [6, 6.07) is 9.65. The van der Waals surface area contributed by atoms with Crippen molar-refractivity contribution in [1.29, 1.82) is 5.26 Å². The molecule has 0 saturated heterocycles. The van der Waals surface area contributed by atoms with Gasteiger partial charge in [0, 0.05) is 11.8 Å². The fourth-order valence-corrected chi connectivity index (χ4v) is 4.69. The molecule has 0 radical (unpaired) electrons. The van der Waals surface area contributed by atoms with E-state index in [1.54, 1.807) is 0 Å². The van der Waals surface area contributed by atoms with Crippen molar-refractivity contribution in [2.45, 2.75) is 88.9 Å². The van der Waals surface area contributed by atoms with Gasteiger partial charge in [-0.05, 0) is 53.2 Å². The molecule has 1 aromatic carbocycles. The highest BCUT2D eigenvalue weighted by molar-refractivity contribution is 5.46. The molecule has 22 heavy (non-hydrogen) atoms. The van der Waals surface area contributed by atoms with Crippen molar-refractivity contribution in [3.8, 4) is 6.07 Å². The Kier molecular flexibility index (Phi) is 3.63. The van der Waals surface area contributed by atoms with E-state index in [0.29, 0.717) is 6.42 Å². The first kappa shape index (κ1) is 15.6. The van der Waals surface area contributed by atoms with Gasteiger partial charge in [-0.1, -0.05) is 58.7 Å². The lowest BCUT2D eigenvalue weighted by atomic mass is 9.62. The lowest BCUT2D eigenvalue weighted by Crippen LogP contribution is -2.34. The summed E-state index contributed by atoms with van der Waals surface area (Å²) in [5.74, 6) is 0. The number of nitriles is 1. The Morgan fingerprint density at radius 1 is 0.909 bits per heavy atom. The minimum Gasteiger partial charge on any atom is -0.198 e. The Hall–Kier alpha value is -1.29. The first-order chi connectivity index (χ1) is 10.3. The van der Waals surface area contributed by atoms with Gasteiger partial charge in [-0.25, -0.2) is 0 Å². The zero-order valence-electron chi connectivity index (χ0n) is 14.6. The Morgan fingerprint density at radius 3 is 2.09 bits per heavy atom. The summed E-state index contributed by atoms with van der Waals surface area (Å²) < 4.78 is 0. The summed E-state index contributed by atoms with van der Waals surface area (Å²) in [4.78, 5) is 0. The number of fused-ring (bicyclic) bond motifs is 1. The maximum atomic E-state index is 9.33. The first-order valence-corrected chi connectivity index (χ1v) is 8.83. The summed E-state index contributed by atoms with van der Waals surface area (Å²) in [5, 5.41) is 9.33. The molecule has 1 aromatic rings. The van der Waals surface area contributed by atoms with Crippen molar-refractivity contribution in [1.82, 2.24) is 0 Å². The van der Waals surface area contributed by atoms with E-state index in [9.17, 15) is 5.26 Å². The van der Waals surface area contributed by atoms with Crippen LogP contribution in [0.2, 0.25) is 0 Å². The third-order valence-electron chi connectivity index (χ3n) is 6.44. The van der Waals surface area contributed by atoms with Crippen molar-refractivity contribution in [3.63, 3.8) is 0 Å². The average molecular weight is 295 g/mol. The number of benzene rings is 1. The van der Waals surface area contributed by atoms with Crippen LogP contribution in [0.1, 0.15) is 89.3 Å². The highest BCUT2D eigenvalue weighted by Gasteiger charge is 2.40. The molecule has 1 nitrogen and oxygen atoms in total. The van der Waals surface area contributed by atoms with E-state index in [1.165, 1.54) is 55.2 Å². The Labute approximate surface area is 135 Å². The second-order valence-electron chi connectivity index (χ2n) is 8.85. The van der Waals surface area contributed by atoms with E-state index in [1.807, 2.05) is 0 Å². The van der Waals surface area contributed by atoms with Crippen LogP contribution in [0.4, 0.5) is 0 Å². The molecular formula is C21H29N. The van der Waals surface area contributed by atoms with E-state index in [4.69, 9.17) is 0 Å². The maximum absolute atomic E-state index is 9.33. The van der Waals surface area contributed by atoms with Crippen LogP contribution in [-0.4, -0.2) is 0 Å². The van der Waals surface area contributed by atoms with Crippen molar-refractivity contribution in [2.75, 3.05) is 0 Å². The van der Waals surface area contributed by atoms with E-state index in [2.05, 4.69) is 52.0 Å². The smallest absolute Gasteiger partial charge is 0.0631 e. The first-order valence-electron chi connectivity index (χ1n) is 8.83. The van der Waals surface area contributed by atoms with E-state index >= 15 is 0 Å². The molecule has 2 aliphatic rings. The highest BCUT2D eigenvalue weighted by Crippen LogP contribution is 2.49. The second kappa shape index (κ2) is 5.12. The van der Waals surface area contributed by atoms with Gasteiger partial charge in [-0.15, -0.1) is 0 Å². The molecule has 0 aliphatic heterocycles. The number of nitrogens with zero attached hydrogens (tertiary/aromatic N) is 1. The quantitative estimate of drug-likeness (QED) is 0.680. The van der Waals surface area contributed by atoms with Gasteiger partial charge in [-0.3, -0.25) is 0 Å². The molecule has 0 heterocycles. The molecule has 1 heteroatoms. The molecule has 0 aromatic heterocycles. The summed E-state index contributed by atoms with van der Waals surface area (Å²) in [6.07, 6.45) is 8.10. The third kappa shape index (κ3) is 2.37. The zero-order valence-corrected chi connectivity index (χ0v) is 14.6. The minimum absolute atomic E-state index is 0.126. The van der Waals surface area contributed by atoms with E-state index in [0.717, 1.165) is 0 Å². The van der Waals surface area contributed by atoms with E-state index < -0.39 is 0 Å². The van der Waals surface area contributed by atoms with Crippen LogP contribution < -0.4 is 0 Å². The normalized spacial score (nSPS) is 24.5. The van der Waals surface area contributed by atoms with Gasteiger partial charge >= 0.3 is 0 Å². The summed E-state index contributed by atoms with van der Waals surface area (Å²) in [5.41, 5.74) is 5.15. The number of hydrogen-bond donors (Lipinski definition) is 0. The van der Waals surface area contributed by atoms with Gasteiger partial charge in [0.15, 0.2) is 0 Å². The standard InChI is InChI=1S/C21H29N/c1-19(2)11-12-20(3,4)18-15-16(7-8-17(18)19)21(13-14-22)9-5-6-10-21/h7-8,15H,5-6,9-13H2,1-4H3. The monoisotopic (exact) mass is 295 g/mol. The van der Waals surface area contributed by atoms with Crippen molar-refractivity contribution in [2.24, 2.45) is 0 Å². The summed E-state index contributed by atoms with van der Waals surface area (Å²) in [7, 11) is 0. The van der Waals surface area contributed by atoms with Gasteiger partial charge in [0.25, 0.3) is 0 Å². The zero-order chi connectivity index (χ0) is 16.0. The fourth-order valence-electron chi connectivity index (χ4n) is 4.69. The van der Waals surface area contributed by atoms with Crippen molar-refractivity contribution >= 4 is 0 Å². The van der Waals surface area contributed by atoms with Gasteiger partial charge in [0.05, 0.1) is 6.07 Å². The van der Waals surface area contributed by atoms with Crippen molar-refractivity contribution < 1.29 is 0 Å². The van der Waals surface area contributed by atoms with Crippen LogP contribution >= 0.6 is 0 Å². The molecule has 1 saturated carbocycles. The molecular weight excluding hydrogens is 266 g/mol. The molecule has 118 valence electrons. The SMILES string of the molecule is CC1(C)CCC(C)(C)c2cc(C3(CC#N)CCCC3)ccc21. The predicted molar refractivity (Wildman–Crippen MR) is 92.1 cm³/mol. The third-order valence-corrected chi connectivity index (χ3v) is 6.44. The van der Waals surface area contributed by atoms with Gasteiger partial charge in [-0.2, -0.15) is 5.26 Å². The van der Waals surface area contributed by atoms with Crippen LogP contribution in [-0.2, 0) is 16.2 Å². The van der Waals surface area contributed by atoms with Crippen LogP contribution in [0.15, 0.2) is 18.2 Å². The number of rotatable bonds is 2. The highest BCUT2D eigenvalue weighted by atomic mass is 14.4. The van der Waals surface area contributed by atoms with Gasteiger partial charge in [0.2, 0.25) is 0 Å². The molecule has 0 N–H and O–H groups in total. The van der Waals surface area contributed by atoms with Crippen LogP contribution in [0, 0.1) is 11.3 Å². The molecule has 1 fully saturated rings. The van der Waals surface area contributed by atoms with Crippen LogP contribution in [0.3, 0.4) is 0 Å².